The lowest BCUT2D eigenvalue weighted by atomic mass is 10.0. The Morgan fingerprint density at radius 3 is 2.95 bits per heavy atom. The monoisotopic (exact) mass is 317 g/mol. The second-order valence-corrected chi connectivity index (χ2v) is 5.66. The molecule has 0 bridgehead atoms. The van der Waals surface area contributed by atoms with Crippen LogP contribution in [0.15, 0.2) is 18.2 Å². The summed E-state index contributed by atoms with van der Waals surface area (Å²) in [6, 6.07) is 4.32. The van der Waals surface area contributed by atoms with Gasteiger partial charge in [-0.05, 0) is 25.1 Å². The third-order valence-electron chi connectivity index (χ3n) is 3.56. The van der Waals surface area contributed by atoms with Crippen molar-refractivity contribution in [3.05, 3.63) is 33.8 Å². The van der Waals surface area contributed by atoms with E-state index in [1.54, 1.807) is 18.2 Å². The van der Waals surface area contributed by atoms with Crippen LogP contribution in [0.3, 0.4) is 0 Å². The molecule has 0 amide bonds. The van der Waals surface area contributed by atoms with E-state index in [9.17, 15) is 9.90 Å². The van der Waals surface area contributed by atoms with Gasteiger partial charge < -0.3 is 9.84 Å². The zero-order valence-electron chi connectivity index (χ0n) is 11.2. The average molecular weight is 318 g/mol. The highest BCUT2D eigenvalue weighted by Gasteiger charge is 2.31. The number of hydrogen-bond acceptors (Lipinski definition) is 4. The first-order valence-electron chi connectivity index (χ1n) is 6.48. The number of carbonyl (C=O) groups is 1. The number of ether oxygens (including phenoxy) is 1. The van der Waals surface area contributed by atoms with Crippen LogP contribution in [-0.2, 0) is 4.74 Å². The van der Waals surface area contributed by atoms with Gasteiger partial charge in [0.05, 0.1) is 36.9 Å². The Kier molecular flexibility index (Phi) is 5.41. The van der Waals surface area contributed by atoms with Gasteiger partial charge >= 0.3 is 0 Å². The molecule has 6 heteroatoms. The largest absolute Gasteiger partial charge is 0.395 e. The molecule has 1 aromatic carbocycles. The number of benzene rings is 1. The fourth-order valence-corrected chi connectivity index (χ4v) is 2.90. The van der Waals surface area contributed by atoms with Gasteiger partial charge in [-0.25, -0.2) is 0 Å². The maximum Gasteiger partial charge on any atom is 0.181 e. The molecule has 20 heavy (non-hydrogen) atoms. The molecule has 2 atom stereocenters. The second kappa shape index (κ2) is 6.87. The minimum Gasteiger partial charge on any atom is -0.395 e. The number of hydrogen-bond donors (Lipinski definition) is 1. The van der Waals surface area contributed by atoms with E-state index >= 15 is 0 Å². The Labute approximate surface area is 128 Å². The summed E-state index contributed by atoms with van der Waals surface area (Å²) in [6.45, 7) is 3.39. The van der Waals surface area contributed by atoms with Crippen LogP contribution in [0.5, 0.6) is 0 Å². The first-order valence-corrected chi connectivity index (χ1v) is 7.23. The van der Waals surface area contributed by atoms with Crippen molar-refractivity contribution in [2.45, 2.75) is 19.0 Å². The molecule has 0 spiro atoms. The lowest BCUT2D eigenvalue weighted by molar-refractivity contribution is -0.0390. The van der Waals surface area contributed by atoms with Crippen molar-refractivity contribution in [3.8, 4) is 0 Å². The van der Waals surface area contributed by atoms with Crippen molar-refractivity contribution >= 4 is 29.0 Å². The van der Waals surface area contributed by atoms with Crippen LogP contribution in [0.1, 0.15) is 17.3 Å². The Morgan fingerprint density at radius 1 is 1.55 bits per heavy atom. The van der Waals surface area contributed by atoms with E-state index in [0.717, 1.165) is 0 Å². The number of rotatable bonds is 4. The Balaban J connectivity index is 2.18. The zero-order chi connectivity index (χ0) is 14.7. The molecule has 1 heterocycles. The number of ketones is 1. The van der Waals surface area contributed by atoms with Crippen molar-refractivity contribution in [2.75, 3.05) is 26.4 Å². The molecule has 1 aliphatic rings. The molecule has 0 aromatic heterocycles. The van der Waals surface area contributed by atoms with Gasteiger partial charge in [-0.3, -0.25) is 9.69 Å². The maximum absolute atomic E-state index is 12.5. The third-order valence-corrected chi connectivity index (χ3v) is 4.11. The number of morpholine rings is 1. The third kappa shape index (κ3) is 3.32. The predicted molar refractivity (Wildman–Crippen MR) is 78.7 cm³/mol. The van der Waals surface area contributed by atoms with Crippen molar-refractivity contribution in [1.29, 1.82) is 0 Å². The summed E-state index contributed by atoms with van der Waals surface area (Å²) in [5.74, 6) is -0.0768. The van der Waals surface area contributed by atoms with E-state index in [0.29, 0.717) is 35.4 Å². The summed E-state index contributed by atoms with van der Waals surface area (Å²) in [4.78, 5) is 14.5. The van der Waals surface area contributed by atoms with Crippen molar-refractivity contribution in [1.82, 2.24) is 4.90 Å². The normalized spacial score (nSPS) is 21.7. The summed E-state index contributed by atoms with van der Waals surface area (Å²) < 4.78 is 5.32. The molecule has 1 saturated heterocycles. The van der Waals surface area contributed by atoms with Gasteiger partial charge in [0.25, 0.3) is 0 Å². The smallest absolute Gasteiger partial charge is 0.181 e. The molecule has 0 aliphatic carbocycles. The number of nitrogens with zero attached hydrogens (tertiary/aromatic N) is 1. The van der Waals surface area contributed by atoms with Gasteiger partial charge in [0, 0.05) is 17.1 Å². The quantitative estimate of drug-likeness (QED) is 0.865. The minimum atomic E-state index is -0.366. The molecular formula is C14H17Cl2NO3. The van der Waals surface area contributed by atoms with E-state index in [1.807, 2.05) is 11.8 Å². The highest BCUT2D eigenvalue weighted by molar-refractivity contribution is 6.37. The first kappa shape index (κ1) is 15.7. The van der Waals surface area contributed by atoms with Gasteiger partial charge in [-0.15, -0.1) is 0 Å². The van der Waals surface area contributed by atoms with Crippen LogP contribution in [0.25, 0.3) is 0 Å². The van der Waals surface area contributed by atoms with Crippen LogP contribution in [-0.4, -0.2) is 54.2 Å². The molecule has 0 radical (unpaired) electrons. The van der Waals surface area contributed by atoms with Crippen molar-refractivity contribution < 1.29 is 14.6 Å². The van der Waals surface area contributed by atoms with Crippen LogP contribution in [0.4, 0.5) is 0 Å². The SMILES string of the molecule is CC(C(=O)c1ccc(Cl)cc1Cl)N1CCOCC1CO. The summed E-state index contributed by atoms with van der Waals surface area (Å²) in [6.07, 6.45) is 0. The molecule has 4 nitrogen and oxygen atoms in total. The van der Waals surface area contributed by atoms with Crippen LogP contribution in [0, 0.1) is 0 Å². The Hall–Kier alpha value is -0.650. The summed E-state index contributed by atoms with van der Waals surface area (Å²) in [7, 11) is 0. The molecule has 0 saturated carbocycles. The lowest BCUT2D eigenvalue weighted by Crippen LogP contribution is -2.53. The molecule has 2 unspecified atom stereocenters. The van der Waals surface area contributed by atoms with E-state index in [2.05, 4.69) is 0 Å². The van der Waals surface area contributed by atoms with E-state index < -0.39 is 0 Å². The van der Waals surface area contributed by atoms with Crippen LogP contribution in [0.2, 0.25) is 10.0 Å². The topological polar surface area (TPSA) is 49.8 Å². The number of Topliss-reactive ketones (excluding diaryl/α,β-unsaturated/α-hetero) is 1. The second-order valence-electron chi connectivity index (χ2n) is 4.81. The highest BCUT2D eigenvalue weighted by Crippen LogP contribution is 2.24. The van der Waals surface area contributed by atoms with Gasteiger partial charge in [-0.1, -0.05) is 23.2 Å². The van der Waals surface area contributed by atoms with Crippen molar-refractivity contribution in [2.24, 2.45) is 0 Å². The summed E-state index contributed by atoms with van der Waals surface area (Å²) in [5, 5.41) is 10.2. The van der Waals surface area contributed by atoms with E-state index in [4.69, 9.17) is 27.9 Å². The predicted octanol–water partition coefficient (Wildman–Crippen LogP) is 2.26. The van der Waals surface area contributed by atoms with Crippen molar-refractivity contribution in [3.63, 3.8) is 0 Å². The fourth-order valence-electron chi connectivity index (χ4n) is 2.40. The van der Waals surface area contributed by atoms with Crippen LogP contribution >= 0.6 is 23.2 Å². The minimum absolute atomic E-state index is 0.0357. The van der Waals surface area contributed by atoms with Gasteiger partial charge in [0.1, 0.15) is 0 Å². The first-order chi connectivity index (χ1) is 9.54. The Bertz CT molecular complexity index is 495. The lowest BCUT2D eigenvalue weighted by Gasteiger charge is -2.38. The molecule has 2 rings (SSSR count). The van der Waals surface area contributed by atoms with Gasteiger partial charge in [0.2, 0.25) is 0 Å². The summed E-state index contributed by atoms with van der Waals surface area (Å²) in [5.41, 5.74) is 0.451. The zero-order valence-corrected chi connectivity index (χ0v) is 12.7. The fraction of sp³-hybridized carbons (Fsp3) is 0.500. The number of carbonyl (C=O) groups excluding carboxylic acids is 1. The van der Waals surface area contributed by atoms with E-state index in [1.165, 1.54) is 0 Å². The Morgan fingerprint density at radius 2 is 2.30 bits per heavy atom. The number of aliphatic hydroxyl groups is 1. The standard InChI is InChI=1S/C14H17Cl2NO3/c1-9(17-4-5-20-8-11(17)7-18)14(19)12-3-2-10(15)6-13(12)16/h2-3,6,9,11,18H,4-5,7-8H2,1H3. The molecule has 1 aromatic rings. The van der Waals surface area contributed by atoms with Crippen LogP contribution < -0.4 is 0 Å². The van der Waals surface area contributed by atoms with E-state index in [-0.39, 0.29) is 24.5 Å². The van der Waals surface area contributed by atoms with Gasteiger partial charge in [-0.2, -0.15) is 0 Å². The maximum atomic E-state index is 12.5. The average Bonchev–Trinajstić information content (AvgIpc) is 2.45. The molecule has 1 fully saturated rings. The number of aliphatic hydroxyl groups excluding tert-OH is 1. The molecule has 1 N–H and O–H groups in total. The molecular weight excluding hydrogens is 301 g/mol. The highest BCUT2D eigenvalue weighted by atomic mass is 35.5. The molecule has 110 valence electrons. The number of halogens is 2. The summed E-state index contributed by atoms with van der Waals surface area (Å²) >= 11 is 11.9. The van der Waals surface area contributed by atoms with Gasteiger partial charge in [0.15, 0.2) is 5.78 Å². The molecule has 1 aliphatic heterocycles.